The van der Waals surface area contributed by atoms with E-state index < -0.39 is 5.97 Å². The molecule has 0 saturated carbocycles. The molecule has 0 fully saturated rings. The van der Waals surface area contributed by atoms with Gasteiger partial charge in [0.15, 0.2) is 0 Å². The Labute approximate surface area is 73.0 Å². The van der Waals surface area contributed by atoms with Gasteiger partial charge in [-0.3, -0.25) is 0 Å². The number of hydrogen-bond donors (Lipinski definition) is 1. The second-order valence-electron chi connectivity index (χ2n) is 0.942. The van der Waals surface area contributed by atoms with Crippen LogP contribution < -0.4 is 0 Å². The molecule has 0 aliphatic heterocycles. The van der Waals surface area contributed by atoms with E-state index in [0.29, 0.717) is 0 Å². The van der Waals surface area contributed by atoms with Crippen LogP contribution >= 0.6 is 11.6 Å². The molecule has 0 bridgehead atoms. The smallest absolute Gasteiger partial charge is 0.346 e. The molecule has 0 spiro atoms. The zero-order valence-electron chi connectivity index (χ0n) is 4.52. The molecular weight excluding hydrogens is 316 g/mol. The number of halogens is 1. The second kappa shape index (κ2) is 5.57. The molecule has 0 heterocycles. The van der Waals surface area contributed by atoms with Crippen molar-refractivity contribution in [3.8, 4) is 0 Å². The molecule has 0 saturated heterocycles. The van der Waals surface area contributed by atoms with E-state index in [-0.39, 0.29) is 32.7 Å². The van der Waals surface area contributed by atoms with E-state index in [0.717, 1.165) is 0 Å². The molecule has 1 N–H and O–H groups in total. The van der Waals surface area contributed by atoms with E-state index in [1.54, 1.807) is 6.92 Å². The first kappa shape index (κ1) is 11.3. The molecule has 0 aliphatic rings. The van der Waals surface area contributed by atoms with Gasteiger partial charge in [0.05, 0.1) is 0 Å². The van der Waals surface area contributed by atoms with Gasteiger partial charge in [-0.2, -0.15) is 0 Å². The number of allylic oxidation sites excluding steroid dienone is 1. The van der Waals surface area contributed by atoms with Crippen molar-refractivity contribution < 1.29 is 37.6 Å². The molecule has 0 aromatic heterocycles. The van der Waals surface area contributed by atoms with Crippen molar-refractivity contribution in [3.05, 3.63) is 11.1 Å². The minimum absolute atomic E-state index is 0. The van der Waals surface area contributed by atoms with Gasteiger partial charge < -0.3 is 5.11 Å². The number of hydrogen-bond acceptors (Lipinski definition) is 1. The molecular formula is C4H5ClHgO2. The summed E-state index contributed by atoms with van der Waals surface area (Å²) in [6.45, 7) is 1.57. The standard InChI is InChI=1S/C4H5ClO2.Hg/c1-2-3(5)4(6)7;/h2H,1H3,(H,6,7);/b3-2-;. The van der Waals surface area contributed by atoms with Crippen LogP contribution in [-0.4, -0.2) is 11.1 Å². The zero-order valence-corrected chi connectivity index (χ0v) is 10.8. The fraction of sp³-hybridized carbons (Fsp3) is 0.250. The maximum Gasteiger partial charge on any atom is 0.346 e. The van der Waals surface area contributed by atoms with Crippen molar-refractivity contribution in [3.63, 3.8) is 0 Å². The summed E-state index contributed by atoms with van der Waals surface area (Å²) >= 11 is 5.06. The predicted octanol–water partition coefficient (Wildman–Crippen LogP) is 1.21. The van der Waals surface area contributed by atoms with Crippen LogP contribution in [0.25, 0.3) is 0 Å². The van der Waals surface area contributed by atoms with Gasteiger partial charge in [0, 0.05) is 27.7 Å². The first-order valence-corrected chi connectivity index (χ1v) is 2.11. The molecule has 0 aliphatic carbocycles. The van der Waals surface area contributed by atoms with Crippen LogP contribution in [-0.2, 0) is 32.5 Å². The number of aliphatic carboxylic acids is 1. The van der Waals surface area contributed by atoms with E-state index in [9.17, 15) is 4.79 Å². The van der Waals surface area contributed by atoms with Gasteiger partial charge in [0.25, 0.3) is 0 Å². The Balaban J connectivity index is 0. The molecule has 0 aromatic rings. The van der Waals surface area contributed by atoms with Crippen molar-refractivity contribution in [2.75, 3.05) is 0 Å². The minimum Gasteiger partial charge on any atom is -0.477 e. The van der Waals surface area contributed by atoms with E-state index in [2.05, 4.69) is 0 Å². The summed E-state index contributed by atoms with van der Waals surface area (Å²) in [5.74, 6) is -1.08. The molecule has 0 unspecified atom stereocenters. The Hall–Kier alpha value is 0.435. The summed E-state index contributed by atoms with van der Waals surface area (Å²) in [5, 5.41) is 7.84. The summed E-state index contributed by atoms with van der Waals surface area (Å²) < 4.78 is 0. The zero-order chi connectivity index (χ0) is 5.86. The van der Waals surface area contributed by atoms with Crippen LogP contribution in [0.15, 0.2) is 11.1 Å². The SMILES string of the molecule is C/C=C(\Cl)C(=O)O.[Hg]. The van der Waals surface area contributed by atoms with Crippen LogP contribution in [0, 0.1) is 0 Å². The molecule has 0 rings (SSSR count). The summed E-state index contributed by atoms with van der Waals surface area (Å²) in [4.78, 5) is 9.73. The Bertz CT molecular complexity index is 111. The normalized spacial score (nSPS) is 10.0. The first-order valence-electron chi connectivity index (χ1n) is 1.73. The van der Waals surface area contributed by atoms with Crippen LogP contribution in [0.4, 0.5) is 0 Å². The van der Waals surface area contributed by atoms with Gasteiger partial charge in [-0.1, -0.05) is 17.7 Å². The van der Waals surface area contributed by atoms with Crippen molar-refractivity contribution in [1.29, 1.82) is 0 Å². The van der Waals surface area contributed by atoms with E-state index in [4.69, 9.17) is 16.7 Å². The summed E-state index contributed by atoms with van der Waals surface area (Å²) in [5.41, 5.74) is 0. The van der Waals surface area contributed by atoms with Gasteiger partial charge in [-0.05, 0) is 6.92 Å². The van der Waals surface area contributed by atoms with Gasteiger partial charge in [-0.15, -0.1) is 0 Å². The molecule has 42 valence electrons. The molecule has 0 atom stereocenters. The molecule has 0 radical (unpaired) electrons. The van der Waals surface area contributed by atoms with Crippen LogP contribution in [0.3, 0.4) is 0 Å². The van der Waals surface area contributed by atoms with Crippen LogP contribution in [0.1, 0.15) is 6.92 Å². The van der Waals surface area contributed by atoms with Crippen molar-refractivity contribution >= 4 is 17.6 Å². The Morgan fingerprint density at radius 3 is 2.12 bits per heavy atom. The van der Waals surface area contributed by atoms with E-state index in [1.165, 1.54) is 6.08 Å². The molecule has 0 aromatic carbocycles. The molecule has 8 heavy (non-hydrogen) atoms. The third-order valence-corrected chi connectivity index (χ3v) is 0.838. The van der Waals surface area contributed by atoms with Gasteiger partial charge >= 0.3 is 5.97 Å². The van der Waals surface area contributed by atoms with Gasteiger partial charge in [-0.25, -0.2) is 4.79 Å². The predicted molar refractivity (Wildman–Crippen MR) is 27.2 cm³/mol. The number of carboxylic acids is 1. The minimum atomic E-state index is -1.08. The maximum absolute atomic E-state index is 9.73. The fourth-order valence-electron chi connectivity index (χ4n) is 0.123. The average Bonchev–Trinajstić information content (AvgIpc) is 1.65. The van der Waals surface area contributed by atoms with Gasteiger partial charge in [0.1, 0.15) is 5.03 Å². The second-order valence-corrected chi connectivity index (χ2v) is 1.35. The summed E-state index contributed by atoms with van der Waals surface area (Å²) in [7, 11) is 0. The topological polar surface area (TPSA) is 37.3 Å². The third kappa shape index (κ3) is 4.59. The van der Waals surface area contributed by atoms with Crippen LogP contribution in [0.2, 0.25) is 0 Å². The quantitative estimate of drug-likeness (QED) is 0.582. The Kier molecular flexibility index (Phi) is 7.84. The van der Waals surface area contributed by atoms with E-state index >= 15 is 0 Å². The third-order valence-electron chi connectivity index (χ3n) is 0.458. The fourth-order valence-corrected chi connectivity index (χ4v) is 0.123. The molecule has 4 heteroatoms. The Morgan fingerprint density at radius 2 is 2.12 bits per heavy atom. The monoisotopic (exact) mass is 322 g/mol. The Morgan fingerprint density at radius 1 is 1.75 bits per heavy atom. The molecule has 2 nitrogen and oxygen atoms in total. The van der Waals surface area contributed by atoms with E-state index in [1.807, 2.05) is 0 Å². The summed E-state index contributed by atoms with van der Waals surface area (Å²) in [6.07, 6.45) is 1.32. The largest absolute Gasteiger partial charge is 0.477 e. The summed E-state index contributed by atoms with van der Waals surface area (Å²) in [6, 6.07) is 0. The van der Waals surface area contributed by atoms with Crippen molar-refractivity contribution in [2.24, 2.45) is 0 Å². The van der Waals surface area contributed by atoms with Crippen molar-refractivity contribution in [1.82, 2.24) is 0 Å². The molecule has 0 amide bonds. The van der Waals surface area contributed by atoms with Crippen LogP contribution in [0.5, 0.6) is 0 Å². The maximum atomic E-state index is 9.73. The number of rotatable bonds is 1. The van der Waals surface area contributed by atoms with Gasteiger partial charge in [0.2, 0.25) is 0 Å². The number of carboxylic acid groups (broad SMARTS) is 1. The first-order chi connectivity index (χ1) is 3.18. The number of carbonyl (C=O) groups is 1. The van der Waals surface area contributed by atoms with Crippen molar-refractivity contribution in [2.45, 2.75) is 6.92 Å². The average molecular weight is 321 g/mol.